The third-order valence-electron chi connectivity index (χ3n) is 8.76. The maximum Gasteiger partial charge on any atom is 0.222 e. The first-order valence-electron chi connectivity index (χ1n) is 16.9. The molecule has 0 radical (unpaired) electrons. The van der Waals surface area contributed by atoms with E-state index in [2.05, 4.69) is 27.7 Å². The number of unbranched alkanes of at least 4 members (excludes halogenated alkanes) is 4. The lowest BCUT2D eigenvalue weighted by Crippen LogP contribution is -2.33. The van der Waals surface area contributed by atoms with Crippen molar-refractivity contribution in [3.05, 3.63) is 23.3 Å². The normalized spacial score (nSPS) is 14.1. The van der Waals surface area contributed by atoms with Crippen LogP contribution in [0.2, 0.25) is 0 Å². The molecule has 0 N–H and O–H groups in total. The Labute approximate surface area is 257 Å². The van der Waals surface area contributed by atoms with E-state index in [0.29, 0.717) is 49.7 Å². The number of rotatable bonds is 22. The summed E-state index contributed by atoms with van der Waals surface area (Å²) < 4.78 is 0. The van der Waals surface area contributed by atoms with Crippen LogP contribution in [0.5, 0.6) is 0 Å². The number of ketones is 2. The molecule has 0 saturated heterocycles. The summed E-state index contributed by atoms with van der Waals surface area (Å²) in [5, 5.41) is 0. The topological polar surface area (TPSA) is 74.8 Å². The highest BCUT2D eigenvalue weighted by Gasteiger charge is 2.36. The van der Waals surface area contributed by atoms with Gasteiger partial charge in [0.2, 0.25) is 11.8 Å². The van der Waals surface area contributed by atoms with Gasteiger partial charge in [-0.2, -0.15) is 0 Å². The summed E-state index contributed by atoms with van der Waals surface area (Å²) in [5.74, 6) is 0.161. The van der Waals surface area contributed by atoms with Crippen molar-refractivity contribution in [2.24, 2.45) is 10.8 Å². The molecule has 0 aromatic rings. The predicted octanol–water partition coefficient (Wildman–Crippen LogP) is 8.24. The average Bonchev–Trinajstić information content (AvgIpc) is 2.93. The fraction of sp³-hybridized carbons (Fsp3) is 0.778. The van der Waals surface area contributed by atoms with Gasteiger partial charge >= 0.3 is 0 Å². The summed E-state index contributed by atoms with van der Waals surface area (Å²) in [4.78, 5) is 56.4. The van der Waals surface area contributed by atoms with Gasteiger partial charge in [0.1, 0.15) is 0 Å². The molecule has 2 amide bonds. The van der Waals surface area contributed by atoms with E-state index in [-0.39, 0.29) is 23.4 Å². The number of allylic oxidation sites excluding steroid dienone is 4. The second kappa shape index (κ2) is 19.1. The van der Waals surface area contributed by atoms with E-state index >= 15 is 0 Å². The SMILES string of the molecule is CCCCN(CCCC)C(=O)CCCC(C)(C)C1=CC(=O)C(C(C)(C)CCCC(=O)N(CCCC)CCCC)=CC1=O. The summed E-state index contributed by atoms with van der Waals surface area (Å²) in [6.45, 7) is 19.8. The largest absolute Gasteiger partial charge is 0.343 e. The van der Waals surface area contributed by atoms with Gasteiger partial charge in [0.15, 0.2) is 11.6 Å². The monoisotopic (exact) mass is 586 g/mol. The van der Waals surface area contributed by atoms with Crippen molar-refractivity contribution in [2.45, 2.75) is 145 Å². The van der Waals surface area contributed by atoms with Crippen LogP contribution in [-0.2, 0) is 19.2 Å². The molecule has 42 heavy (non-hydrogen) atoms. The zero-order valence-electron chi connectivity index (χ0n) is 28.4. The molecule has 0 unspecified atom stereocenters. The van der Waals surface area contributed by atoms with Crippen molar-refractivity contribution < 1.29 is 19.2 Å². The molecular formula is C36H62N2O4. The smallest absolute Gasteiger partial charge is 0.222 e. The Bertz CT molecular complexity index is 852. The van der Waals surface area contributed by atoms with Gasteiger partial charge in [-0.1, -0.05) is 81.1 Å². The maximum atomic E-state index is 13.3. The summed E-state index contributed by atoms with van der Waals surface area (Å²) in [7, 11) is 0. The summed E-state index contributed by atoms with van der Waals surface area (Å²) in [6.07, 6.45) is 15.0. The van der Waals surface area contributed by atoms with Gasteiger partial charge in [-0.15, -0.1) is 0 Å². The molecule has 0 aromatic heterocycles. The summed E-state index contributed by atoms with van der Waals surface area (Å²) in [6, 6.07) is 0. The van der Waals surface area contributed by atoms with Crippen molar-refractivity contribution in [1.29, 1.82) is 0 Å². The van der Waals surface area contributed by atoms with E-state index in [4.69, 9.17) is 0 Å². The lowest BCUT2D eigenvalue weighted by atomic mass is 9.70. The highest BCUT2D eigenvalue weighted by Crippen LogP contribution is 2.40. The van der Waals surface area contributed by atoms with Gasteiger partial charge in [-0.25, -0.2) is 0 Å². The molecular weight excluding hydrogens is 524 g/mol. The molecule has 0 aromatic carbocycles. The van der Waals surface area contributed by atoms with Crippen LogP contribution in [0.15, 0.2) is 23.3 Å². The Kier molecular flexibility index (Phi) is 17.2. The molecule has 0 bridgehead atoms. The van der Waals surface area contributed by atoms with E-state index in [1.807, 2.05) is 37.5 Å². The van der Waals surface area contributed by atoms with E-state index < -0.39 is 10.8 Å². The lowest BCUT2D eigenvalue weighted by molar-refractivity contribution is -0.132. The van der Waals surface area contributed by atoms with Crippen LogP contribution >= 0.6 is 0 Å². The Hall–Kier alpha value is -2.24. The Morgan fingerprint density at radius 2 is 0.833 bits per heavy atom. The van der Waals surface area contributed by atoms with Gasteiger partial charge in [-0.05, 0) is 74.3 Å². The molecule has 1 aliphatic carbocycles. The first kappa shape index (κ1) is 37.8. The van der Waals surface area contributed by atoms with E-state index in [1.165, 1.54) is 0 Å². The van der Waals surface area contributed by atoms with Crippen molar-refractivity contribution in [1.82, 2.24) is 9.80 Å². The van der Waals surface area contributed by atoms with Gasteiger partial charge in [-0.3, -0.25) is 19.2 Å². The Morgan fingerprint density at radius 3 is 1.10 bits per heavy atom. The second-order valence-corrected chi connectivity index (χ2v) is 13.5. The zero-order chi connectivity index (χ0) is 31.8. The number of nitrogens with zero attached hydrogens (tertiary/aromatic N) is 2. The standard InChI is InChI=1S/C36H62N2O4/c1-9-13-23-37(24-14-10-2)33(41)19-17-21-35(5,6)29-27-32(40)30(28-31(29)39)36(7,8)22-18-20-34(42)38(25-15-11-3)26-16-12-4/h27-28H,9-26H2,1-8H3. The van der Waals surface area contributed by atoms with Crippen molar-refractivity contribution >= 4 is 23.4 Å². The highest BCUT2D eigenvalue weighted by molar-refractivity contribution is 6.20. The Morgan fingerprint density at radius 1 is 0.548 bits per heavy atom. The molecule has 6 heteroatoms. The second-order valence-electron chi connectivity index (χ2n) is 13.5. The van der Waals surface area contributed by atoms with Crippen LogP contribution < -0.4 is 0 Å². The first-order chi connectivity index (χ1) is 19.8. The van der Waals surface area contributed by atoms with Crippen molar-refractivity contribution in [2.75, 3.05) is 26.2 Å². The van der Waals surface area contributed by atoms with Crippen LogP contribution in [0.1, 0.15) is 145 Å². The predicted molar refractivity (Wildman–Crippen MR) is 174 cm³/mol. The number of carbonyl (C=O) groups is 4. The molecule has 0 saturated carbocycles. The average molecular weight is 587 g/mol. The molecule has 1 aliphatic rings. The third-order valence-corrected chi connectivity index (χ3v) is 8.76. The third kappa shape index (κ3) is 12.6. The van der Waals surface area contributed by atoms with Crippen LogP contribution in [0.3, 0.4) is 0 Å². The molecule has 6 nitrogen and oxygen atoms in total. The number of amides is 2. The van der Waals surface area contributed by atoms with Crippen molar-refractivity contribution in [3.8, 4) is 0 Å². The van der Waals surface area contributed by atoms with Crippen LogP contribution in [-0.4, -0.2) is 59.4 Å². The fourth-order valence-corrected chi connectivity index (χ4v) is 5.68. The highest BCUT2D eigenvalue weighted by atomic mass is 16.2. The zero-order valence-corrected chi connectivity index (χ0v) is 28.4. The van der Waals surface area contributed by atoms with Gasteiger partial charge in [0.05, 0.1) is 0 Å². The number of hydrogen-bond acceptors (Lipinski definition) is 4. The minimum Gasteiger partial charge on any atom is -0.343 e. The molecule has 0 heterocycles. The molecule has 0 spiro atoms. The molecule has 0 atom stereocenters. The van der Waals surface area contributed by atoms with Crippen LogP contribution in [0.25, 0.3) is 0 Å². The van der Waals surface area contributed by atoms with Gasteiger partial charge in [0.25, 0.3) is 0 Å². The Balaban J connectivity index is 2.77. The van der Waals surface area contributed by atoms with Gasteiger partial charge in [0, 0.05) is 50.2 Å². The van der Waals surface area contributed by atoms with E-state index in [0.717, 1.165) is 77.5 Å². The quantitative estimate of drug-likeness (QED) is 0.120. The summed E-state index contributed by atoms with van der Waals surface area (Å²) >= 11 is 0. The lowest BCUT2D eigenvalue weighted by Gasteiger charge is -2.33. The van der Waals surface area contributed by atoms with Crippen molar-refractivity contribution in [3.63, 3.8) is 0 Å². The number of hydrogen-bond donors (Lipinski definition) is 0. The van der Waals surface area contributed by atoms with E-state index in [9.17, 15) is 19.2 Å². The van der Waals surface area contributed by atoms with Crippen LogP contribution in [0.4, 0.5) is 0 Å². The summed E-state index contributed by atoms with van der Waals surface area (Å²) in [5.41, 5.74) is 0.0740. The molecule has 240 valence electrons. The minimum absolute atomic E-state index is 0.108. The van der Waals surface area contributed by atoms with Gasteiger partial charge < -0.3 is 9.80 Å². The fourth-order valence-electron chi connectivity index (χ4n) is 5.68. The maximum absolute atomic E-state index is 13.3. The van der Waals surface area contributed by atoms with E-state index in [1.54, 1.807) is 12.2 Å². The molecule has 0 fully saturated rings. The van der Waals surface area contributed by atoms with Crippen LogP contribution in [0, 0.1) is 10.8 Å². The minimum atomic E-state index is -0.496. The first-order valence-corrected chi connectivity index (χ1v) is 16.9. The number of carbonyl (C=O) groups excluding carboxylic acids is 4. The molecule has 1 rings (SSSR count). The molecule has 0 aliphatic heterocycles.